The molecule has 1 atom stereocenters. The molecule has 0 bridgehead atoms. The zero-order valence-corrected chi connectivity index (χ0v) is 14.0. The number of imide groups is 1. The van der Waals surface area contributed by atoms with E-state index in [1.54, 1.807) is 42.5 Å². The van der Waals surface area contributed by atoms with E-state index < -0.39 is 6.04 Å². The second-order valence-electron chi connectivity index (χ2n) is 5.02. The summed E-state index contributed by atoms with van der Waals surface area (Å²) >= 11 is 18.2. The van der Waals surface area contributed by atoms with Crippen LogP contribution in [0.5, 0.6) is 0 Å². The van der Waals surface area contributed by atoms with Gasteiger partial charge >= 0.3 is 0 Å². The lowest BCUT2D eigenvalue weighted by atomic mass is 10.2. The average Bonchev–Trinajstić information content (AvgIpc) is 2.79. The van der Waals surface area contributed by atoms with Gasteiger partial charge in [-0.1, -0.05) is 53.0 Å². The Morgan fingerprint density at radius 2 is 1.65 bits per heavy atom. The number of amides is 2. The van der Waals surface area contributed by atoms with Crippen molar-refractivity contribution in [2.24, 2.45) is 0 Å². The molecule has 1 N–H and O–H groups in total. The summed E-state index contributed by atoms with van der Waals surface area (Å²) in [6, 6.07) is 11.1. The number of rotatable bonds is 3. The number of nitrogens with one attached hydrogen (secondary N) is 1. The van der Waals surface area contributed by atoms with Gasteiger partial charge in [0.2, 0.25) is 5.91 Å². The van der Waals surface area contributed by atoms with Crippen LogP contribution in [0.15, 0.2) is 42.5 Å². The third-order valence-corrected chi connectivity index (χ3v) is 4.66. The van der Waals surface area contributed by atoms with Crippen molar-refractivity contribution in [1.29, 1.82) is 0 Å². The van der Waals surface area contributed by atoms with E-state index in [1.807, 2.05) is 0 Å². The summed E-state index contributed by atoms with van der Waals surface area (Å²) in [5, 5.41) is 3.94. The molecule has 3 rings (SSSR count). The van der Waals surface area contributed by atoms with Gasteiger partial charge in [-0.15, -0.1) is 0 Å². The Morgan fingerprint density at radius 1 is 0.957 bits per heavy atom. The van der Waals surface area contributed by atoms with Crippen molar-refractivity contribution in [2.75, 3.05) is 10.2 Å². The van der Waals surface area contributed by atoms with E-state index in [0.717, 1.165) is 4.90 Å². The number of carbonyl (C=O) groups excluding carboxylic acids is 2. The molecule has 1 aliphatic heterocycles. The number of hydrogen-bond acceptors (Lipinski definition) is 3. The monoisotopic (exact) mass is 368 g/mol. The van der Waals surface area contributed by atoms with Crippen LogP contribution >= 0.6 is 34.8 Å². The second kappa shape index (κ2) is 6.40. The summed E-state index contributed by atoms with van der Waals surface area (Å²) in [7, 11) is 0. The lowest BCUT2D eigenvalue weighted by Crippen LogP contribution is -2.35. The van der Waals surface area contributed by atoms with Gasteiger partial charge in [-0.25, -0.2) is 4.90 Å². The van der Waals surface area contributed by atoms with Crippen molar-refractivity contribution in [3.05, 3.63) is 57.5 Å². The van der Waals surface area contributed by atoms with E-state index in [0.29, 0.717) is 10.7 Å². The molecule has 0 radical (unpaired) electrons. The molecular formula is C16H11Cl3N2O2. The van der Waals surface area contributed by atoms with Gasteiger partial charge in [0.15, 0.2) is 0 Å². The molecule has 1 saturated heterocycles. The molecule has 7 heteroatoms. The van der Waals surface area contributed by atoms with Crippen LogP contribution in [0.2, 0.25) is 15.1 Å². The summed E-state index contributed by atoms with van der Waals surface area (Å²) in [4.78, 5) is 25.9. The fourth-order valence-corrected chi connectivity index (χ4v) is 3.00. The number of carbonyl (C=O) groups is 2. The van der Waals surface area contributed by atoms with Crippen molar-refractivity contribution in [2.45, 2.75) is 12.5 Å². The van der Waals surface area contributed by atoms with Crippen molar-refractivity contribution in [3.8, 4) is 0 Å². The van der Waals surface area contributed by atoms with Gasteiger partial charge in [0, 0.05) is 0 Å². The van der Waals surface area contributed by atoms with Crippen LogP contribution in [0.25, 0.3) is 0 Å². The number of para-hydroxylation sites is 1. The molecular weight excluding hydrogens is 359 g/mol. The van der Waals surface area contributed by atoms with Gasteiger partial charge in [0.25, 0.3) is 5.91 Å². The third kappa shape index (κ3) is 3.02. The number of halogens is 3. The first-order valence-corrected chi connectivity index (χ1v) is 7.94. The van der Waals surface area contributed by atoms with E-state index in [4.69, 9.17) is 34.8 Å². The topological polar surface area (TPSA) is 49.4 Å². The quantitative estimate of drug-likeness (QED) is 0.816. The molecule has 1 heterocycles. The Balaban J connectivity index is 1.89. The Morgan fingerprint density at radius 3 is 2.39 bits per heavy atom. The van der Waals surface area contributed by atoms with Crippen molar-refractivity contribution in [3.63, 3.8) is 0 Å². The Bertz CT molecular complexity index is 795. The summed E-state index contributed by atoms with van der Waals surface area (Å²) in [6.45, 7) is 0. The van der Waals surface area contributed by atoms with E-state index in [2.05, 4.69) is 5.32 Å². The molecule has 2 amide bonds. The van der Waals surface area contributed by atoms with Gasteiger partial charge in [-0.05, 0) is 24.3 Å². The molecule has 118 valence electrons. The fourth-order valence-electron chi connectivity index (χ4n) is 2.43. The van der Waals surface area contributed by atoms with Crippen molar-refractivity contribution >= 4 is 58.0 Å². The smallest absolute Gasteiger partial charge is 0.256 e. The predicted molar refractivity (Wildman–Crippen MR) is 92.4 cm³/mol. The van der Waals surface area contributed by atoms with Crippen LogP contribution in [0.3, 0.4) is 0 Å². The Labute approximate surface area is 147 Å². The Kier molecular flexibility index (Phi) is 4.48. The van der Waals surface area contributed by atoms with Gasteiger partial charge in [-0.3, -0.25) is 9.59 Å². The summed E-state index contributed by atoms with van der Waals surface area (Å²) < 4.78 is 0. The van der Waals surface area contributed by atoms with Gasteiger partial charge in [0.1, 0.15) is 6.04 Å². The fraction of sp³-hybridized carbons (Fsp3) is 0.125. The maximum Gasteiger partial charge on any atom is 0.256 e. The molecule has 0 aliphatic carbocycles. The second-order valence-corrected chi connectivity index (χ2v) is 6.21. The zero-order valence-electron chi connectivity index (χ0n) is 11.7. The van der Waals surface area contributed by atoms with Crippen LogP contribution in [0, 0.1) is 0 Å². The average molecular weight is 370 g/mol. The first-order chi connectivity index (χ1) is 11.0. The standard InChI is InChI=1S/C16H11Cl3N2O2/c17-9-4-1-2-6-11(9)20-12-8-14(22)21(16(12)23)13-7-3-5-10(18)15(13)19/h1-7,12,20H,8H2/t12-/m1/s1. The maximum absolute atomic E-state index is 12.6. The van der Waals surface area contributed by atoms with Gasteiger partial charge in [-0.2, -0.15) is 0 Å². The minimum atomic E-state index is -0.697. The number of benzene rings is 2. The maximum atomic E-state index is 12.6. The van der Waals surface area contributed by atoms with Gasteiger partial charge < -0.3 is 5.32 Å². The van der Waals surface area contributed by atoms with Crippen LogP contribution < -0.4 is 10.2 Å². The highest BCUT2D eigenvalue weighted by atomic mass is 35.5. The van der Waals surface area contributed by atoms with E-state index in [1.165, 1.54) is 0 Å². The van der Waals surface area contributed by atoms with Crippen LogP contribution in [0.1, 0.15) is 6.42 Å². The summed E-state index contributed by atoms with van der Waals surface area (Å²) in [6.07, 6.45) is 0.0207. The normalized spacial score (nSPS) is 17.7. The molecule has 2 aromatic rings. The number of nitrogens with zero attached hydrogens (tertiary/aromatic N) is 1. The lowest BCUT2D eigenvalue weighted by molar-refractivity contribution is -0.121. The van der Waals surface area contributed by atoms with Crippen molar-refractivity contribution < 1.29 is 9.59 Å². The first kappa shape index (κ1) is 16.1. The highest BCUT2D eigenvalue weighted by Crippen LogP contribution is 2.35. The van der Waals surface area contributed by atoms with E-state index in [9.17, 15) is 9.59 Å². The molecule has 0 spiro atoms. The molecule has 23 heavy (non-hydrogen) atoms. The van der Waals surface area contributed by atoms with Gasteiger partial charge in [0.05, 0.1) is 32.9 Å². The van der Waals surface area contributed by atoms with Crippen LogP contribution in [-0.2, 0) is 9.59 Å². The zero-order chi connectivity index (χ0) is 16.6. The first-order valence-electron chi connectivity index (χ1n) is 6.81. The lowest BCUT2D eigenvalue weighted by Gasteiger charge is -2.18. The highest BCUT2D eigenvalue weighted by molar-refractivity contribution is 6.45. The largest absolute Gasteiger partial charge is 0.372 e. The minimum absolute atomic E-state index is 0.0207. The van der Waals surface area contributed by atoms with E-state index in [-0.39, 0.29) is 34.0 Å². The molecule has 0 aromatic heterocycles. The molecule has 2 aromatic carbocycles. The van der Waals surface area contributed by atoms with E-state index >= 15 is 0 Å². The third-order valence-electron chi connectivity index (χ3n) is 3.52. The van der Waals surface area contributed by atoms with Crippen LogP contribution in [0.4, 0.5) is 11.4 Å². The molecule has 1 aliphatic rings. The number of hydrogen-bond donors (Lipinski definition) is 1. The van der Waals surface area contributed by atoms with Crippen molar-refractivity contribution in [1.82, 2.24) is 0 Å². The number of anilines is 2. The molecule has 4 nitrogen and oxygen atoms in total. The molecule has 0 unspecified atom stereocenters. The minimum Gasteiger partial charge on any atom is -0.372 e. The summed E-state index contributed by atoms with van der Waals surface area (Å²) in [5.41, 5.74) is 0.886. The molecule has 1 fully saturated rings. The molecule has 0 saturated carbocycles. The Hall–Kier alpha value is -1.75. The summed E-state index contributed by atoms with van der Waals surface area (Å²) in [5.74, 6) is -0.734. The highest BCUT2D eigenvalue weighted by Gasteiger charge is 2.40. The van der Waals surface area contributed by atoms with Crippen LogP contribution in [-0.4, -0.2) is 17.9 Å². The predicted octanol–water partition coefficient (Wildman–Crippen LogP) is 4.39. The SMILES string of the molecule is O=C1C[C@@H](Nc2ccccc2Cl)C(=O)N1c1cccc(Cl)c1Cl.